The SMILES string of the molecule is C=C(c1cccc2ccccc12)c1cccc2c1ccc1ccccc12. The number of hydrogen-bond donors (Lipinski definition) is 0. The molecular weight excluding hydrogens is 312 g/mol. The van der Waals surface area contributed by atoms with Crippen LogP contribution in [0.5, 0.6) is 0 Å². The van der Waals surface area contributed by atoms with Crippen LogP contribution in [0.4, 0.5) is 0 Å². The molecule has 0 amide bonds. The van der Waals surface area contributed by atoms with Crippen molar-refractivity contribution in [1.29, 1.82) is 0 Å². The van der Waals surface area contributed by atoms with E-state index in [-0.39, 0.29) is 0 Å². The molecule has 0 fully saturated rings. The number of rotatable bonds is 2. The lowest BCUT2D eigenvalue weighted by Crippen LogP contribution is -1.90. The molecule has 0 saturated heterocycles. The van der Waals surface area contributed by atoms with Gasteiger partial charge in [-0.2, -0.15) is 0 Å². The molecule has 0 heteroatoms. The third-order valence-electron chi connectivity index (χ3n) is 5.23. The molecule has 0 aliphatic carbocycles. The minimum atomic E-state index is 1.07. The first-order chi connectivity index (χ1) is 12.8. The van der Waals surface area contributed by atoms with Gasteiger partial charge in [0.05, 0.1) is 0 Å². The summed E-state index contributed by atoms with van der Waals surface area (Å²) in [6.45, 7) is 4.48. The van der Waals surface area contributed by atoms with Gasteiger partial charge < -0.3 is 0 Å². The summed E-state index contributed by atoms with van der Waals surface area (Å²) in [6, 6.07) is 34.5. The third kappa shape index (κ3) is 2.23. The summed E-state index contributed by atoms with van der Waals surface area (Å²) in [5.41, 5.74) is 3.47. The molecule has 0 heterocycles. The fraction of sp³-hybridized carbons (Fsp3) is 0. The summed E-state index contributed by atoms with van der Waals surface area (Å²) in [6.07, 6.45) is 0. The highest BCUT2D eigenvalue weighted by Crippen LogP contribution is 2.35. The van der Waals surface area contributed by atoms with Gasteiger partial charge in [-0.15, -0.1) is 0 Å². The Morgan fingerprint density at radius 2 is 0.962 bits per heavy atom. The Hall–Kier alpha value is -3.38. The maximum absolute atomic E-state index is 4.48. The average Bonchev–Trinajstić information content (AvgIpc) is 2.72. The molecule has 0 aromatic heterocycles. The summed E-state index contributed by atoms with van der Waals surface area (Å²) in [7, 11) is 0. The van der Waals surface area contributed by atoms with E-state index in [0.717, 1.165) is 5.57 Å². The zero-order valence-corrected chi connectivity index (χ0v) is 14.4. The van der Waals surface area contributed by atoms with E-state index < -0.39 is 0 Å². The molecular formula is C26H18. The molecule has 122 valence electrons. The van der Waals surface area contributed by atoms with E-state index in [2.05, 4.69) is 104 Å². The van der Waals surface area contributed by atoms with E-state index in [0.29, 0.717) is 0 Å². The van der Waals surface area contributed by atoms with E-state index in [1.807, 2.05) is 0 Å². The van der Waals surface area contributed by atoms with Crippen LogP contribution in [0.15, 0.2) is 104 Å². The van der Waals surface area contributed by atoms with Gasteiger partial charge in [-0.3, -0.25) is 0 Å². The largest absolute Gasteiger partial charge is 0.0905 e. The first-order valence-corrected chi connectivity index (χ1v) is 8.91. The highest BCUT2D eigenvalue weighted by Gasteiger charge is 2.11. The minimum absolute atomic E-state index is 1.07. The van der Waals surface area contributed by atoms with Crippen molar-refractivity contribution in [1.82, 2.24) is 0 Å². The first-order valence-electron chi connectivity index (χ1n) is 8.91. The Kier molecular flexibility index (Phi) is 3.36. The standard InChI is InChI=1S/C26H18/c1-18(21-13-6-10-19-8-2-4-11-23(19)21)22-14-7-15-25-24-12-5-3-9-20(24)16-17-26(22)25/h2-17H,1H2. The molecule has 0 bridgehead atoms. The number of fused-ring (bicyclic) bond motifs is 4. The van der Waals surface area contributed by atoms with Crippen molar-refractivity contribution >= 4 is 37.9 Å². The van der Waals surface area contributed by atoms with E-state index in [1.54, 1.807) is 0 Å². The van der Waals surface area contributed by atoms with Crippen molar-refractivity contribution in [3.05, 3.63) is 115 Å². The van der Waals surface area contributed by atoms with Crippen LogP contribution >= 0.6 is 0 Å². The second-order valence-corrected chi connectivity index (χ2v) is 6.69. The van der Waals surface area contributed by atoms with E-state index in [9.17, 15) is 0 Å². The van der Waals surface area contributed by atoms with Crippen LogP contribution in [0.1, 0.15) is 11.1 Å². The molecule has 0 N–H and O–H groups in total. The maximum Gasteiger partial charge on any atom is -0.00990 e. The lowest BCUT2D eigenvalue weighted by atomic mass is 9.90. The second kappa shape index (κ2) is 5.86. The quantitative estimate of drug-likeness (QED) is 0.300. The molecule has 26 heavy (non-hydrogen) atoms. The molecule has 0 radical (unpaired) electrons. The van der Waals surface area contributed by atoms with E-state index in [1.165, 1.54) is 43.4 Å². The van der Waals surface area contributed by atoms with Gasteiger partial charge in [-0.05, 0) is 49.0 Å². The predicted molar refractivity (Wildman–Crippen MR) is 114 cm³/mol. The van der Waals surface area contributed by atoms with Crippen molar-refractivity contribution in [3.63, 3.8) is 0 Å². The van der Waals surface area contributed by atoms with Crippen LogP contribution in [0.25, 0.3) is 37.9 Å². The monoisotopic (exact) mass is 330 g/mol. The van der Waals surface area contributed by atoms with E-state index >= 15 is 0 Å². The van der Waals surface area contributed by atoms with Crippen LogP contribution in [0, 0.1) is 0 Å². The summed E-state index contributed by atoms with van der Waals surface area (Å²) in [5, 5.41) is 7.59. The molecule has 5 aromatic rings. The van der Waals surface area contributed by atoms with Gasteiger partial charge in [0.2, 0.25) is 0 Å². The van der Waals surface area contributed by atoms with Crippen LogP contribution < -0.4 is 0 Å². The molecule has 5 rings (SSSR count). The maximum atomic E-state index is 4.48. The van der Waals surface area contributed by atoms with E-state index in [4.69, 9.17) is 0 Å². The van der Waals surface area contributed by atoms with Crippen LogP contribution in [-0.4, -0.2) is 0 Å². The molecule has 0 aliphatic heterocycles. The molecule has 0 spiro atoms. The Labute approximate surface area is 153 Å². The summed E-state index contributed by atoms with van der Waals surface area (Å²) >= 11 is 0. The van der Waals surface area contributed by atoms with Gasteiger partial charge in [0.1, 0.15) is 0 Å². The third-order valence-corrected chi connectivity index (χ3v) is 5.23. The van der Waals surface area contributed by atoms with Crippen molar-refractivity contribution in [3.8, 4) is 0 Å². The molecule has 0 nitrogen and oxygen atoms in total. The fourth-order valence-corrected chi connectivity index (χ4v) is 3.94. The van der Waals surface area contributed by atoms with Gasteiger partial charge in [0, 0.05) is 0 Å². The minimum Gasteiger partial charge on any atom is -0.0905 e. The Morgan fingerprint density at radius 3 is 1.77 bits per heavy atom. The Bertz CT molecular complexity index is 1290. The highest BCUT2D eigenvalue weighted by atomic mass is 14.1. The second-order valence-electron chi connectivity index (χ2n) is 6.69. The topological polar surface area (TPSA) is 0 Å². The van der Waals surface area contributed by atoms with Crippen molar-refractivity contribution in [2.75, 3.05) is 0 Å². The number of hydrogen-bond acceptors (Lipinski definition) is 0. The van der Waals surface area contributed by atoms with Gasteiger partial charge in [0.15, 0.2) is 0 Å². The van der Waals surface area contributed by atoms with Gasteiger partial charge in [-0.1, -0.05) is 104 Å². The van der Waals surface area contributed by atoms with Gasteiger partial charge >= 0.3 is 0 Å². The van der Waals surface area contributed by atoms with Crippen molar-refractivity contribution < 1.29 is 0 Å². The van der Waals surface area contributed by atoms with Gasteiger partial charge in [0.25, 0.3) is 0 Å². The lowest BCUT2D eigenvalue weighted by molar-refractivity contribution is 1.63. The van der Waals surface area contributed by atoms with Crippen LogP contribution in [0.3, 0.4) is 0 Å². The molecule has 5 aromatic carbocycles. The number of benzene rings is 5. The summed E-state index contributed by atoms with van der Waals surface area (Å²) in [5.74, 6) is 0. The Balaban J connectivity index is 1.79. The first kappa shape index (κ1) is 14.9. The van der Waals surface area contributed by atoms with Gasteiger partial charge in [-0.25, -0.2) is 0 Å². The molecule has 0 unspecified atom stereocenters. The zero-order valence-electron chi connectivity index (χ0n) is 14.4. The zero-order chi connectivity index (χ0) is 17.5. The molecule has 0 aliphatic rings. The smallest absolute Gasteiger partial charge is 0.00990 e. The molecule has 0 saturated carbocycles. The van der Waals surface area contributed by atoms with Crippen LogP contribution in [0.2, 0.25) is 0 Å². The lowest BCUT2D eigenvalue weighted by Gasteiger charge is -2.14. The summed E-state index contributed by atoms with van der Waals surface area (Å²) < 4.78 is 0. The van der Waals surface area contributed by atoms with Crippen molar-refractivity contribution in [2.24, 2.45) is 0 Å². The highest BCUT2D eigenvalue weighted by molar-refractivity contribution is 6.12. The predicted octanol–water partition coefficient (Wildman–Crippen LogP) is 7.21. The molecule has 0 atom stereocenters. The normalized spacial score (nSPS) is 11.2. The van der Waals surface area contributed by atoms with Crippen molar-refractivity contribution in [2.45, 2.75) is 0 Å². The van der Waals surface area contributed by atoms with Crippen LogP contribution in [-0.2, 0) is 0 Å². The average molecular weight is 330 g/mol. The fourth-order valence-electron chi connectivity index (χ4n) is 3.94. The summed E-state index contributed by atoms with van der Waals surface area (Å²) in [4.78, 5) is 0. The Morgan fingerprint density at radius 1 is 0.423 bits per heavy atom.